The summed E-state index contributed by atoms with van der Waals surface area (Å²) in [5.74, 6) is 2.17. The van der Waals surface area contributed by atoms with Crippen molar-refractivity contribution in [3.63, 3.8) is 0 Å². The molecular formula is C87H61F2NO2. The molecule has 0 bridgehead atoms. The third-order valence-electron chi connectivity index (χ3n) is 19.4. The molecule has 0 aromatic heterocycles. The zero-order valence-electron chi connectivity index (χ0n) is 50.9. The Kier molecular flexibility index (Phi) is 13.3. The Morgan fingerprint density at radius 3 is 1.11 bits per heavy atom. The molecule has 3 aliphatic carbocycles. The molecule has 0 spiro atoms. The van der Waals surface area contributed by atoms with Crippen LogP contribution in [0.2, 0.25) is 0 Å². The van der Waals surface area contributed by atoms with Gasteiger partial charge in [-0.05, 0) is 209 Å². The van der Waals surface area contributed by atoms with Crippen molar-refractivity contribution in [2.75, 3.05) is 4.90 Å². The number of rotatable bonds is 14. The first-order chi connectivity index (χ1) is 45.1. The molecule has 13 aromatic rings. The number of hydrogen-bond donors (Lipinski definition) is 0. The number of nitrogens with zero attached hydrogens (tertiary/aromatic N) is 1. The van der Waals surface area contributed by atoms with Crippen LogP contribution in [-0.4, -0.2) is 0 Å². The summed E-state index contributed by atoms with van der Waals surface area (Å²) in [6.07, 6.45) is 3.63. The molecule has 0 fully saturated rings. The maximum absolute atomic E-state index is 15.5. The largest absolute Gasteiger partial charge is 0.457 e. The van der Waals surface area contributed by atoms with Crippen LogP contribution < -0.4 is 14.4 Å². The fourth-order valence-corrected chi connectivity index (χ4v) is 15.3. The molecule has 3 aliphatic rings. The molecular weight excluding hydrogens is 1130 g/mol. The van der Waals surface area contributed by atoms with Crippen molar-refractivity contribution in [3.05, 3.63) is 389 Å². The molecule has 0 heterocycles. The monoisotopic (exact) mass is 1190 g/mol. The summed E-state index contributed by atoms with van der Waals surface area (Å²) in [4.78, 5) is 2.43. The lowest BCUT2D eigenvalue weighted by Crippen LogP contribution is -2.29. The molecule has 2 unspecified atom stereocenters. The second kappa shape index (κ2) is 22.0. The highest BCUT2D eigenvalue weighted by Crippen LogP contribution is 2.61. The maximum Gasteiger partial charge on any atom is 0.127 e. The number of fused-ring (bicyclic) bond motifs is 9. The number of ether oxygens (including phenoxy) is 2. The molecule has 0 aliphatic heterocycles. The van der Waals surface area contributed by atoms with Crippen molar-refractivity contribution in [2.24, 2.45) is 0 Å². The molecule has 0 N–H and O–H groups in total. The van der Waals surface area contributed by atoms with Gasteiger partial charge in [0, 0.05) is 22.4 Å². The lowest BCUT2D eigenvalue weighted by Gasteiger charge is -2.36. The molecule has 440 valence electrons. The van der Waals surface area contributed by atoms with E-state index < -0.39 is 10.8 Å². The van der Waals surface area contributed by atoms with Crippen LogP contribution in [-0.2, 0) is 16.2 Å². The summed E-state index contributed by atoms with van der Waals surface area (Å²) in [7, 11) is 0. The fourth-order valence-electron chi connectivity index (χ4n) is 15.3. The summed E-state index contributed by atoms with van der Waals surface area (Å²) in [6.45, 7) is 12.5. The lowest BCUT2D eigenvalue weighted by molar-refractivity contribution is 0.482. The number of anilines is 3. The number of para-hydroxylation sites is 1. The van der Waals surface area contributed by atoms with Gasteiger partial charge in [-0.15, -0.1) is 0 Å². The minimum Gasteiger partial charge on any atom is -0.457 e. The molecule has 2 atom stereocenters. The fraction of sp³-hybridized carbons (Fsp3) is 0.0575. The first-order valence-electron chi connectivity index (χ1n) is 31.2. The Morgan fingerprint density at radius 2 is 0.663 bits per heavy atom. The van der Waals surface area contributed by atoms with Crippen molar-refractivity contribution in [2.45, 2.75) is 30.1 Å². The minimum absolute atomic E-state index is 0.239. The molecule has 0 saturated heterocycles. The highest BCUT2D eigenvalue weighted by atomic mass is 19.1. The van der Waals surface area contributed by atoms with Gasteiger partial charge in [-0.1, -0.05) is 233 Å². The maximum atomic E-state index is 15.5. The third-order valence-corrected chi connectivity index (χ3v) is 19.4. The zero-order chi connectivity index (χ0) is 62.3. The molecule has 13 aromatic carbocycles. The number of hydrogen-bond acceptors (Lipinski definition) is 3. The lowest BCUT2D eigenvalue weighted by atomic mass is 9.67. The van der Waals surface area contributed by atoms with Crippen LogP contribution in [0.1, 0.15) is 80.6 Å². The average Bonchev–Trinajstić information content (AvgIpc) is 1.53. The van der Waals surface area contributed by atoms with Gasteiger partial charge in [0.2, 0.25) is 0 Å². The predicted molar refractivity (Wildman–Crippen MR) is 372 cm³/mol. The van der Waals surface area contributed by atoms with Gasteiger partial charge >= 0.3 is 0 Å². The van der Waals surface area contributed by atoms with Crippen molar-refractivity contribution >= 4 is 29.2 Å². The normalized spacial score (nSPS) is 15.9. The van der Waals surface area contributed by atoms with E-state index in [0.29, 0.717) is 23.0 Å². The Bertz CT molecular complexity index is 4800. The van der Waals surface area contributed by atoms with E-state index in [0.717, 1.165) is 106 Å². The summed E-state index contributed by atoms with van der Waals surface area (Å²) < 4.78 is 43.9. The first kappa shape index (κ1) is 55.9. The van der Waals surface area contributed by atoms with E-state index in [2.05, 4.69) is 208 Å². The van der Waals surface area contributed by atoms with E-state index in [-0.39, 0.29) is 17.0 Å². The van der Waals surface area contributed by atoms with E-state index in [1.807, 2.05) is 109 Å². The Labute approximate surface area is 535 Å². The molecule has 0 saturated carbocycles. The summed E-state index contributed by atoms with van der Waals surface area (Å²) >= 11 is 0. The summed E-state index contributed by atoms with van der Waals surface area (Å²) in [5, 5.41) is 0. The van der Waals surface area contributed by atoms with E-state index in [4.69, 9.17) is 9.47 Å². The highest BCUT2D eigenvalue weighted by Gasteiger charge is 2.49. The Balaban J connectivity index is 0.942. The van der Waals surface area contributed by atoms with Crippen LogP contribution in [0, 0.1) is 11.6 Å². The van der Waals surface area contributed by atoms with Gasteiger partial charge < -0.3 is 14.4 Å². The minimum atomic E-state index is -0.928. The van der Waals surface area contributed by atoms with E-state index in [9.17, 15) is 0 Å². The van der Waals surface area contributed by atoms with Gasteiger partial charge in [0.1, 0.15) is 34.6 Å². The molecule has 16 rings (SSSR count). The van der Waals surface area contributed by atoms with Crippen LogP contribution in [0.4, 0.5) is 25.8 Å². The van der Waals surface area contributed by atoms with Crippen molar-refractivity contribution in [1.82, 2.24) is 0 Å². The van der Waals surface area contributed by atoms with Gasteiger partial charge in [-0.2, -0.15) is 0 Å². The van der Waals surface area contributed by atoms with Crippen molar-refractivity contribution in [3.8, 4) is 67.5 Å². The van der Waals surface area contributed by atoms with Gasteiger partial charge in [-0.3, -0.25) is 0 Å². The number of benzene rings is 13. The third kappa shape index (κ3) is 8.75. The zero-order valence-corrected chi connectivity index (χ0v) is 50.9. The molecule has 3 nitrogen and oxygen atoms in total. The van der Waals surface area contributed by atoms with Crippen LogP contribution in [0.25, 0.3) is 56.7 Å². The second-order valence-electron chi connectivity index (χ2n) is 24.6. The van der Waals surface area contributed by atoms with Crippen molar-refractivity contribution < 1.29 is 18.3 Å². The van der Waals surface area contributed by atoms with Crippen molar-refractivity contribution in [1.29, 1.82) is 0 Å². The molecule has 0 radical (unpaired) electrons. The highest BCUT2D eigenvalue weighted by molar-refractivity contribution is 6.00. The average molecular weight is 1190 g/mol. The van der Waals surface area contributed by atoms with E-state index in [1.54, 1.807) is 24.3 Å². The van der Waals surface area contributed by atoms with Gasteiger partial charge in [-0.25, -0.2) is 8.78 Å². The standard InChI is InChI=1S/C87H61F2NO2/c1-5-56-26-44-66(45-27-56)91-68-48-34-60(35-49-68)86(58-30-38-62(88)39-31-58)78-22-12-7-16-70(78)72-52-42-64(54-81(72)86)90(83-25-14-10-18-74(83)75-20-15-24-80-84(75)76-19-9-11-21-77(76)85(80,3)4)65-43-53-73-71-17-8-13-23-79(71)87(82(73)55-65,59-32-40-63(89)41-33-59)61-36-50-69(51-37-61)92-67-46-28-57(6-2)29-47-67/h5-55H,1-2H2,3-4H3. The van der Waals surface area contributed by atoms with Crippen LogP contribution in [0.15, 0.2) is 310 Å². The topological polar surface area (TPSA) is 21.7 Å². The van der Waals surface area contributed by atoms with Crippen LogP contribution in [0.5, 0.6) is 23.0 Å². The smallest absolute Gasteiger partial charge is 0.127 e. The Hall–Kier alpha value is -11.4. The number of halogens is 2. The summed E-state index contributed by atoms with van der Waals surface area (Å²) in [5.41, 5.74) is 22.4. The summed E-state index contributed by atoms with van der Waals surface area (Å²) in [6, 6.07) is 102. The van der Waals surface area contributed by atoms with E-state index >= 15 is 8.78 Å². The second-order valence-corrected chi connectivity index (χ2v) is 24.6. The predicted octanol–water partition coefficient (Wildman–Crippen LogP) is 23.0. The van der Waals surface area contributed by atoms with Crippen LogP contribution in [0.3, 0.4) is 0 Å². The SMILES string of the molecule is C=Cc1ccc(Oc2ccc(C3(c4ccc(F)cc4)c4ccccc4-c4ccc(N(c5ccc6c(c5)C(c5ccc(F)cc5)(c5ccc(Oc7ccc(C=C)cc7)cc5)c5ccccc5-6)c5ccccc5-c5cccc6c5-c5ccccc5C6(C)C)cc43)cc2)cc1. The van der Waals surface area contributed by atoms with E-state index in [1.165, 1.54) is 22.3 Å². The van der Waals surface area contributed by atoms with Crippen LogP contribution >= 0.6 is 0 Å². The quantitative estimate of drug-likeness (QED) is 0.108. The van der Waals surface area contributed by atoms with Gasteiger partial charge in [0.05, 0.1) is 16.5 Å². The molecule has 92 heavy (non-hydrogen) atoms. The molecule has 5 heteroatoms. The van der Waals surface area contributed by atoms with Gasteiger partial charge in [0.25, 0.3) is 0 Å². The Morgan fingerprint density at radius 1 is 0.315 bits per heavy atom. The van der Waals surface area contributed by atoms with Gasteiger partial charge in [0.15, 0.2) is 0 Å². The molecule has 0 amide bonds. The first-order valence-corrected chi connectivity index (χ1v) is 31.2.